The van der Waals surface area contributed by atoms with E-state index in [2.05, 4.69) is 54.6 Å². The lowest BCUT2D eigenvalue weighted by molar-refractivity contribution is -0.155. The molecule has 1 heterocycles. The van der Waals surface area contributed by atoms with Crippen LogP contribution in [0.25, 0.3) is 21.5 Å². The van der Waals surface area contributed by atoms with Crippen LogP contribution in [-0.2, 0) is 15.3 Å². The summed E-state index contributed by atoms with van der Waals surface area (Å²) in [6, 6.07) is 19.1. The van der Waals surface area contributed by atoms with E-state index in [0.29, 0.717) is 6.61 Å². The Balaban J connectivity index is 1.83. The Labute approximate surface area is 127 Å². The number of carbonyl (C=O) groups is 1. The topological polar surface area (TPSA) is 26.3 Å². The molecule has 1 aliphatic heterocycles. The summed E-state index contributed by atoms with van der Waals surface area (Å²) >= 11 is 1.68. The van der Waals surface area contributed by atoms with Gasteiger partial charge in [0, 0.05) is 5.75 Å². The van der Waals surface area contributed by atoms with Crippen LogP contribution in [0.3, 0.4) is 0 Å². The second-order valence-electron chi connectivity index (χ2n) is 5.23. The average molecular weight is 294 g/mol. The summed E-state index contributed by atoms with van der Waals surface area (Å²) in [5.74, 6) is 0.756. The summed E-state index contributed by atoms with van der Waals surface area (Å²) in [5, 5.41) is 5.06. The number of carbonyl (C=O) groups excluding carboxylic acids is 1. The number of rotatable bonds is 3. The normalized spacial score (nSPS) is 17.7. The molecule has 1 atom stereocenters. The standard InChI is InChI=1S/C18H14O2S/c19-18-17(10-20-18)21-11-16-14-7-3-1-5-12(14)9-13-6-2-4-8-15(13)16/h1-9,17H,10-11H2. The van der Waals surface area contributed by atoms with E-state index < -0.39 is 0 Å². The number of thioether (sulfide) groups is 1. The van der Waals surface area contributed by atoms with Crippen LogP contribution >= 0.6 is 11.8 Å². The fourth-order valence-corrected chi connectivity index (χ4v) is 3.83. The Hall–Kier alpha value is -2.00. The highest BCUT2D eigenvalue weighted by molar-refractivity contribution is 8.00. The van der Waals surface area contributed by atoms with E-state index >= 15 is 0 Å². The second kappa shape index (κ2) is 5.08. The summed E-state index contributed by atoms with van der Waals surface area (Å²) in [7, 11) is 0. The van der Waals surface area contributed by atoms with E-state index in [-0.39, 0.29) is 11.2 Å². The third kappa shape index (κ3) is 2.18. The van der Waals surface area contributed by atoms with Crippen molar-refractivity contribution < 1.29 is 9.53 Å². The molecule has 104 valence electrons. The molecule has 3 heteroatoms. The van der Waals surface area contributed by atoms with Gasteiger partial charge in [-0.3, -0.25) is 4.79 Å². The van der Waals surface area contributed by atoms with Crippen molar-refractivity contribution in [1.82, 2.24) is 0 Å². The van der Waals surface area contributed by atoms with Crippen molar-refractivity contribution in [1.29, 1.82) is 0 Å². The lowest BCUT2D eigenvalue weighted by Gasteiger charge is -2.24. The number of hydrogen-bond acceptors (Lipinski definition) is 3. The lowest BCUT2D eigenvalue weighted by atomic mass is 9.98. The first-order chi connectivity index (χ1) is 10.3. The molecule has 21 heavy (non-hydrogen) atoms. The van der Waals surface area contributed by atoms with Gasteiger partial charge in [0.1, 0.15) is 11.9 Å². The molecule has 0 aromatic heterocycles. The highest BCUT2D eigenvalue weighted by Gasteiger charge is 2.31. The molecule has 2 nitrogen and oxygen atoms in total. The number of benzene rings is 3. The average Bonchev–Trinajstić information content (AvgIpc) is 2.52. The molecule has 3 aromatic rings. The van der Waals surface area contributed by atoms with Gasteiger partial charge in [-0.05, 0) is 33.2 Å². The zero-order valence-corrected chi connectivity index (χ0v) is 12.2. The van der Waals surface area contributed by atoms with Crippen molar-refractivity contribution >= 4 is 39.3 Å². The molecule has 0 N–H and O–H groups in total. The van der Waals surface area contributed by atoms with Gasteiger partial charge in [-0.2, -0.15) is 0 Å². The first-order valence-corrected chi connectivity index (χ1v) is 8.05. The van der Waals surface area contributed by atoms with Crippen molar-refractivity contribution in [3.63, 3.8) is 0 Å². The van der Waals surface area contributed by atoms with Crippen LogP contribution in [-0.4, -0.2) is 17.8 Å². The van der Waals surface area contributed by atoms with Crippen LogP contribution in [0.4, 0.5) is 0 Å². The van der Waals surface area contributed by atoms with E-state index in [1.807, 2.05) is 0 Å². The van der Waals surface area contributed by atoms with Gasteiger partial charge in [0.25, 0.3) is 0 Å². The van der Waals surface area contributed by atoms with Crippen molar-refractivity contribution in [2.75, 3.05) is 6.61 Å². The van der Waals surface area contributed by atoms with Crippen LogP contribution in [0.15, 0.2) is 54.6 Å². The molecule has 0 bridgehead atoms. The van der Waals surface area contributed by atoms with Gasteiger partial charge >= 0.3 is 5.97 Å². The summed E-state index contributed by atoms with van der Waals surface area (Å²) in [4.78, 5) is 11.3. The number of cyclic esters (lactones) is 1. The minimum atomic E-state index is -0.0791. The maximum Gasteiger partial charge on any atom is 0.322 e. The number of hydrogen-bond donors (Lipinski definition) is 0. The van der Waals surface area contributed by atoms with Gasteiger partial charge in [-0.15, -0.1) is 11.8 Å². The summed E-state index contributed by atoms with van der Waals surface area (Å²) in [5.41, 5.74) is 1.31. The molecule has 1 fully saturated rings. The lowest BCUT2D eigenvalue weighted by Crippen LogP contribution is -2.37. The van der Waals surface area contributed by atoms with Gasteiger partial charge in [0.2, 0.25) is 0 Å². The Kier molecular flexibility index (Phi) is 3.08. The Morgan fingerprint density at radius 2 is 1.62 bits per heavy atom. The molecule has 1 saturated heterocycles. The molecule has 1 unspecified atom stereocenters. The Morgan fingerprint density at radius 3 is 2.14 bits per heavy atom. The van der Waals surface area contributed by atoms with Crippen molar-refractivity contribution in [3.05, 3.63) is 60.2 Å². The number of esters is 1. The molecular weight excluding hydrogens is 280 g/mol. The quantitative estimate of drug-likeness (QED) is 0.536. The van der Waals surface area contributed by atoms with Crippen molar-refractivity contribution in [3.8, 4) is 0 Å². The molecule has 0 amide bonds. The highest BCUT2D eigenvalue weighted by Crippen LogP contribution is 2.33. The van der Waals surface area contributed by atoms with Crippen LogP contribution in [0.2, 0.25) is 0 Å². The van der Waals surface area contributed by atoms with Gasteiger partial charge in [0.15, 0.2) is 0 Å². The van der Waals surface area contributed by atoms with E-state index in [9.17, 15) is 4.79 Å². The minimum Gasteiger partial charge on any atom is -0.463 e. The van der Waals surface area contributed by atoms with Gasteiger partial charge in [0.05, 0.1) is 0 Å². The smallest absolute Gasteiger partial charge is 0.322 e. The van der Waals surface area contributed by atoms with E-state index in [1.54, 1.807) is 11.8 Å². The van der Waals surface area contributed by atoms with Crippen LogP contribution < -0.4 is 0 Å². The molecule has 0 saturated carbocycles. The SMILES string of the molecule is O=C1OCC1SCc1c2ccccc2cc2ccccc12. The van der Waals surface area contributed by atoms with Crippen LogP contribution in [0.1, 0.15) is 5.56 Å². The number of fused-ring (bicyclic) bond motifs is 2. The van der Waals surface area contributed by atoms with Crippen molar-refractivity contribution in [2.45, 2.75) is 11.0 Å². The highest BCUT2D eigenvalue weighted by atomic mass is 32.2. The summed E-state index contributed by atoms with van der Waals surface area (Å²) in [6.07, 6.45) is 0. The summed E-state index contributed by atoms with van der Waals surface area (Å²) < 4.78 is 4.85. The minimum absolute atomic E-state index is 0.00253. The maximum atomic E-state index is 11.3. The molecule has 0 spiro atoms. The first kappa shape index (κ1) is 12.7. The first-order valence-electron chi connectivity index (χ1n) is 7.00. The van der Waals surface area contributed by atoms with E-state index in [4.69, 9.17) is 4.74 Å². The molecular formula is C18H14O2S. The zero-order valence-electron chi connectivity index (χ0n) is 11.4. The molecule has 0 aliphatic carbocycles. The van der Waals surface area contributed by atoms with Crippen LogP contribution in [0, 0.1) is 0 Å². The Morgan fingerprint density at radius 1 is 1.00 bits per heavy atom. The maximum absolute atomic E-state index is 11.3. The van der Waals surface area contributed by atoms with Gasteiger partial charge in [-0.25, -0.2) is 0 Å². The predicted molar refractivity (Wildman–Crippen MR) is 87.5 cm³/mol. The molecule has 0 radical (unpaired) electrons. The van der Waals surface area contributed by atoms with Crippen LogP contribution in [0.5, 0.6) is 0 Å². The van der Waals surface area contributed by atoms with Gasteiger partial charge < -0.3 is 4.74 Å². The molecule has 1 aliphatic rings. The monoisotopic (exact) mass is 294 g/mol. The van der Waals surface area contributed by atoms with Crippen molar-refractivity contribution in [2.24, 2.45) is 0 Å². The molecule has 3 aromatic carbocycles. The van der Waals surface area contributed by atoms with E-state index in [0.717, 1.165) is 5.75 Å². The largest absolute Gasteiger partial charge is 0.463 e. The Bertz CT molecular complexity index is 787. The van der Waals surface area contributed by atoms with Gasteiger partial charge in [-0.1, -0.05) is 48.5 Å². The zero-order chi connectivity index (χ0) is 14.2. The fourth-order valence-electron chi connectivity index (χ4n) is 2.78. The third-order valence-corrected chi connectivity index (χ3v) is 5.14. The predicted octanol–water partition coefficient (Wildman–Crippen LogP) is 4.15. The number of ether oxygens (including phenoxy) is 1. The summed E-state index contributed by atoms with van der Waals surface area (Å²) in [6.45, 7) is 0.548. The third-order valence-electron chi connectivity index (χ3n) is 3.95. The second-order valence-corrected chi connectivity index (χ2v) is 6.42. The van der Waals surface area contributed by atoms with E-state index in [1.165, 1.54) is 27.1 Å². The molecule has 4 rings (SSSR count). The fraction of sp³-hybridized carbons (Fsp3) is 0.167.